The zero-order chi connectivity index (χ0) is 54.7. The minimum Gasteiger partial charge on any atom is -0.479 e. The Hall–Kier alpha value is -3.84. The van der Waals surface area contributed by atoms with Crippen molar-refractivity contribution >= 4 is 23.9 Å². The molecule has 1 aliphatic rings. The van der Waals surface area contributed by atoms with Gasteiger partial charge >= 0.3 is 23.9 Å². The molecule has 1 rings (SSSR count). The fourth-order valence-electron chi connectivity index (χ4n) is 8.64. The molecule has 12 nitrogen and oxygen atoms in total. The summed E-state index contributed by atoms with van der Waals surface area (Å²) < 4.78 is 28.4. The van der Waals surface area contributed by atoms with Gasteiger partial charge in [0.2, 0.25) is 0 Å². The normalized spacial score (nSPS) is 18.7. The van der Waals surface area contributed by atoms with Crippen LogP contribution in [0.15, 0.2) is 72.9 Å². The summed E-state index contributed by atoms with van der Waals surface area (Å²) in [6.45, 7) is 5.82. The van der Waals surface area contributed by atoms with Crippen LogP contribution in [-0.2, 0) is 42.9 Å². The van der Waals surface area contributed by atoms with Gasteiger partial charge in [0.1, 0.15) is 18.8 Å². The molecule has 0 aliphatic carbocycles. The summed E-state index contributed by atoms with van der Waals surface area (Å²) in [5, 5.41) is 31.5. The van der Waals surface area contributed by atoms with Crippen molar-refractivity contribution in [2.24, 2.45) is 0 Å². The highest BCUT2D eigenvalue weighted by Crippen LogP contribution is 2.26. The van der Waals surface area contributed by atoms with Gasteiger partial charge in [-0.25, -0.2) is 4.79 Å². The van der Waals surface area contributed by atoms with E-state index in [0.717, 1.165) is 109 Å². The van der Waals surface area contributed by atoms with Gasteiger partial charge in [0.15, 0.2) is 24.6 Å². The van der Waals surface area contributed by atoms with Gasteiger partial charge in [0, 0.05) is 19.3 Å². The molecule has 0 saturated carbocycles. The first kappa shape index (κ1) is 69.2. The van der Waals surface area contributed by atoms with Gasteiger partial charge in [-0.1, -0.05) is 196 Å². The third-order valence-corrected chi connectivity index (χ3v) is 13.2. The first-order valence-electron chi connectivity index (χ1n) is 29.9. The summed E-state index contributed by atoms with van der Waals surface area (Å²) in [7, 11) is 0. The molecular formula is C63H106O12. The Kier molecular flexibility index (Phi) is 47.0. The van der Waals surface area contributed by atoms with Crippen molar-refractivity contribution in [1.82, 2.24) is 0 Å². The first-order chi connectivity index (χ1) is 36.6. The third-order valence-electron chi connectivity index (χ3n) is 13.2. The van der Waals surface area contributed by atoms with Crippen molar-refractivity contribution in [3.8, 4) is 0 Å². The van der Waals surface area contributed by atoms with Crippen LogP contribution in [-0.4, -0.2) is 89.2 Å². The second-order valence-electron chi connectivity index (χ2n) is 20.2. The molecular weight excluding hydrogens is 949 g/mol. The number of ether oxygens (including phenoxy) is 5. The Morgan fingerprint density at radius 2 is 0.840 bits per heavy atom. The Morgan fingerprint density at radius 1 is 0.453 bits per heavy atom. The van der Waals surface area contributed by atoms with Crippen molar-refractivity contribution in [3.63, 3.8) is 0 Å². The van der Waals surface area contributed by atoms with Crippen LogP contribution in [0, 0.1) is 0 Å². The van der Waals surface area contributed by atoms with Gasteiger partial charge in [-0.3, -0.25) is 14.4 Å². The van der Waals surface area contributed by atoms with E-state index in [4.69, 9.17) is 23.7 Å². The number of aliphatic hydroxyl groups is 2. The van der Waals surface area contributed by atoms with Crippen LogP contribution in [0.1, 0.15) is 252 Å². The van der Waals surface area contributed by atoms with Crippen molar-refractivity contribution < 1.29 is 58.2 Å². The van der Waals surface area contributed by atoms with Crippen molar-refractivity contribution in [2.75, 3.05) is 13.2 Å². The lowest BCUT2D eigenvalue weighted by molar-refractivity contribution is -0.301. The minimum atomic E-state index is -1.91. The van der Waals surface area contributed by atoms with E-state index in [-0.39, 0.29) is 25.9 Å². The van der Waals surface area contributed by atoms with Gasteiger partial charge in [-0.15, -0.1) is 0 Å². The quantitative estimate of drug-likeness (QED) is 0.0228. The molecule has 0 spiro atoms. The molecule has 0 amide bonds. The minimum absolute atomic E-state index is 0.0389. The molecule has 0 aromatic heterocycles. The number of rotatable bonds is 50. The average Bonchev–Trinajstić information content (AvgIpc) is 3.39. The number of aliphatic hydroxyl groups excluding tert-OH is 2. The van der Waals surface area contributed by atoms with E-state index in [1.54, 1.807) is 0 Å². The number of unbranched alkanes of at least 4 members (excludes halogenated alkanes) is 24. The van der Waals surface area contributed by atoms with E-state index < -0.39 is 67.3 Å². The maximum absolute atomic E-state index is 13.1. The average molecular weight is 1060 g/mol. The van der Waals surface area contributed by atoms with Crippen LogP contribution in [0.5, 0.6) is 0 Å². The van der Waals surface area contributed by atoms with Crippen LogP contribution in [0.2, 0.25) is 0 Å². The molecule has 12 heteroatoms. The molecule has 0 aromatic carbocycles. The fourth-order valence-corrected chi connectivity index (χ4v) is 8.64. The van der Waals surface area contributed by atoms with Crippen LogP contribution in [0.3, 0.4) is 0 Å². The Balaban J connectivity index is 2.70. The monoisotopic (exact) mass is 1050 g/mol. The lowest BCUT2D eigenvalue weighted by Gasteiger charge is -2.40. The maximum Gasteiger partial charge on any atom is 0.335 e. The second-order valence-corrected chi connectivity index (χ2v) is 20.2. The third kappa shape index (κ3) is 41.0. The predicted octanol–water partition coefficient (Wildman–Crippen LogP) is 15.3. The fraction of sp³-hybridized carbons (Fsp3) is 0.746. The van der Waals surface area contributed by atoms with Crippen LogP contribution >= 0.6 is 0 Å². The Bertz CT molecular complexity index is 1580. The summed E-state index contributed by atoms with van der Waals surface area (Å²) in [6, 6.07) is 0. The van der Waals surface area contributed by atoms with Gasteiger partial charge < -0.3 is 39.0 Å². The molecule has 0 bridgehead atoms. The number of hydrogen-bond donors (Lipinski definition) is 3. The molecule has 1 aliphatic heterocycles. The Morgan fingerprint density at radius 3 is 1.33 bits per heavy atom. The number of hydrogen-bond acceptors (Lipinski definition) is 11. The van der Waals surface area contributed by atoms with Gasteiger partial charge in [-0.05, 0) is 109 Å². The summed E-state index contributed by atoms with van der Waals surface area (Å²) >= 11 is 0. The van der Waals surface area contributed by atoms with Crippen molar-refractivity contribution in [3.05, 3.63) is 72.9 Å². The molecule has 0 radical (unpaired) electrons. The number of carboxylic acids is 1. The van der Waals surface area contributed by atoms with E-state index >= 15 is 0 Å². The smallest absolute Gasteiger partial charge is 0.335 e. The van der Waals surface area contributed by atoms with E-state index in [0.29, 0.717) is 19.3 Å². The molecule has 3 N–H and O–H groups in total. The highest BCUT2D eigenvalue weighted by Gasteiger charge is 2.50. The number of allylic oxidation sites excluding steroid dienone is 12. The standard InChI is InChI=1S/C63H106O12/c1-4-7-10-13-16-19-22-25-27-28-30-32-34-37-40-43-46-49-55(64)71-52-54(73-56(65)50-47-44-41-38-35-31-24-21-18-15-12-9-6-3)53-72-63-61(59(68)58(67)60(75-63)62(69)70)74-57(66)51-48-45-42-39-36-33-29-26-23-20-17-14-11-8-5-2/h9,12,17-18,20-21,25-27,29,31,35,54,58-61,63,67-68H,4-8,10-11,13-16,19,22-24,28,30,32-34,36-53H2,1-3H3,(H,69,70)/b12-9-,20-17-,21-18-,27-25-,29-26-,35-31-. The zero-order valence-corrected chi connectivity index (χ0v) is 47.3. The van der Waals surface area contributed by atoms with Crippen LogP contribution in [0.4, 0.5) is 0 Å². The molecule has 1 saturated heterocycles. The van der Waals surface area contributed by atoms with Crippen molar-refractivity contribution in [1.29, 1.82) is 0 Å². The summed E-state index contributed by atoms with van der Waals surface area (Å²) in [6.07, 6.45) is 51.6. The summed E-state index contributed by atoms with van der Waals surface area (Å²) in [5.41, 5.74) is 0. The highest BCUT2D eigenvalue weighted by molar-refractivity contribution is 5.74. The van der Waals surface area contributed by atoms with E-state index in [9.17, 15) is 34.5 Å². The summed E-state index contributed by atoms with van der Waals surface area (Å²) in [4.78, 5) is 51.1. The largest absolute Gasteiger partial charge is 0.479 e. The zero-order valence-electron chi connectivity index (χ0n) is 47.3. The number of carbonyl (C=O) groups excluding carboxylic acids is 3. The molecule has 75 heavy (non-hydrogen) atoms. The second kappa shape index (κ2) is 50.9. The van der Waals surface area contributed by atoms with Crippen LogP contribution < -0.4 is 0 Å². The lowest BCUT2D eigenvalue weighted by atomic mass is 9.98. The number of carboxylic acid groups (broad SMARTS) is 1. The van der Waals surface area contributed by atoms with Gasteiger partial charge in [-0.2, -0.15) is 0 Å². The number of carbonyl (C=O) groups is 4. The first-order valence-corrected chi connectivity index (χ1v) is 29.9. The molecule has 1 heterocycles. The Labute approximate surface area is 455 Å². The lowest BCUT2D eigenvalue weighted by Crippen LogP contribution is -2.61. The molecule has 6 atom stereocenters. The molecule has 1 fully saturated rings. The number of aliphatic carboxylic acids is 1. The number of esters is 3. The van der Waals surface area contributed by atoms with Gasteiger partial charge in [0.25, 0.3) is 0 Å². The summed E-state index contributed by atoms with van der Waals surface area (Å²) in [5.74, 6) is -3.18. The maximum atomic E-state index is 13.1. The van der Waals surface area contributed by atoms with Crippen LogP contribution in [0.25, 0.3) is 0 Å². The predicted molar refractivity (Wildman–Crippen MR) is 303 cm³/mol. The van der Waals surface area contributed by atoms with E-state index in [1.165, 1.54) is 83.5 Å². The molecule has 0 aromatic rings. The van der Waals surface area contributed by atoms with E-state index in [1.807, 2.05) is 0 Å². The van der Waals surface area contributed by atoms with E-state index in [2.05, 4.69) is 93.7 Å². The molecule has 430 valence electrons. The highest BCUT2D eigenvalue weighted by atomic mass is 16.7. The topological polar surface area (TPSA) is 175 Å². The SMILES string of the molecule is CC/C=C\C/C=C\C/C=C\CCCCCC(=O)OC(COC(=O)CCCCCCCCC/C=C\CCCCCCCC)COC1OC(C(=O)O)C(O)C(O)C1OC(=O)CCCCCCC/C=C\C/C=C\CCCCC. The van der Waals surface area contributed by atoms with Crippen molar-refractivity contribution in [2.45, 2.75) is 289 Å². The molecule has 6 unspecified atom stereocenters. The van der Waals surface area contributed by atoms with Gasteiger partial charge in [0.05, 0.1) is 6.61 Å².